The number of rotatable bonds is 24. The van der Waals surface area contributed by atoms with Gasteiger partial charge < -0.3 is 45.0 Å². The summed E-state index contributed by atoms with van der Waals surface area (Å²) in [6.07, 6.45) is -29.7. The lowest BCUT2D eigenvalue weighted by molar-refractivity contribution is -0.149. The maximum Gasteiger partial charge on any atom is 0.416 e. The highest BCUT2D eigenvalue weighted by molar-refractivity contribution is 7.86. The molecular weight excluding hydrogens is 1710 g/mol. The lowest BCUT2D eigenvalue weighted by atomic mass is 9.73. The lowest BCUT2D eigenvalue weighted by Gasteiger charge is -2.56. The van der Waals surface area contributed by atoms with Crippen molar-refractivity contribution in [3.63, 3.8) is 0 Å². The summed E-state index contributed by atoms with van der Waals surface area (Å²) in [5, 5.41) is 27.4. The van der Waals surface area contributed by atoms with Gasteiger partial charge in [-0.2, -0.15) is 87.4 Å². The van der Waals surface area contributed by atoms with E-state index in [9.17, 15) is 102 Å². The van der Waals surface area contributed by atoms with Crippen LogP contribution in [0, 0.1) is 0 Å². The van der Waals surface area contributed by atoms with Crippen LogP contribution in [0.15, 0.2) is 161 Å². The summed E-state index contributed by atoms with van der Waals surface area (Å²) in [6.45, 7) is 15.4. The molecule has 3 amide bonds. The monoisotopic (exact) mass is 1810 g/mol. The Bertz CT molecular complexity index is 4650. The van der Waals surface area contributed by atoms with Gasteiger partial charge in [-0.15, -0.1) is 0 Å². The molecule has 0 aromatic heterocycles. The predicted molar refractivity (Wildman–Crippen MR) is 423 cm³/mol. The summed E-state index contributed by atoms with van der Waals surface area (Å²) in [5.74, 6) is -0.843. The molecule has 12 atom stereocenters. The Morgan fingerprint density at radius 3 is 0.824 bits per heavy atom. The molecule has 4 N–H and O–H groups in total. The molecule has 0 radical (unpaired) electrons. The van der Waals surface area contributed by atoms with Crippen LogP contribution >= 0.6 is 0 Å². The molecule has 6 saturated heterocycles. The predicted octanol–water partition coefficient (Wildman–Crippen LogP) is 17.6. The van der Waals surface area contributed by atoms with Crippen LogP contribution < -0.4 is 16.0 Å². The lowest BCUT2D eigenvalue weighted by Crippen LogP contribution is -2.73. The Kier molecular flexibility index (Phi) is 31.0. The highest BCUT2D eigenvalue weighted by Gasteiger charge is 2.58. The number of hydrogen-bond acceptors (Lipinski definition) is 18. The summed E-state index contributed by atoms with van der Waals surface area (Å²) in [5.41, 5.74) is -9.85. The van der Waals surface area contributed by atoms with Crippen LogP contribution in [0.2, 0.25) is 0 Å². The summed E-state index contributed by atoms with van der Waals surface area (Å²) >= 11 is 0. The normalized spacial score (nSPS) is 25.1. The third-order valence-electron chi connectivity index (χ3n) is 22.4. The summed E-state index contributed by atoms with van der Waals surface area (Å²) < 4.78 is 288. The first-order valence-electron chi connectivity index (χ1n) is 39.3. The van der Waals surface area contributed by atoms with Crippen molar-refractivity contribution < 1.29 is 135 Å². The van der Waals surface area contributed by atoms with Gasteiger partial charge >= 0.3 is 37.1 Å². The molecular formula is C85H97F18N9O12S. The molecule has 125 heavy (non-hydrogen) atoms. The number of nitrogens with one attached hydrogen (secondary N) is 3. The second-order valence-electron chi connectivity index (χ2n) is 32.8. The van der Waals surface area contributed by atoms with E-state index in [1.807, 2.05) is 70.5 Å². The van der Waals surface area contributed by atoms with E-state index in [4.69, 9.17) is 33.3 Å². The maximum atomic E-state index is 13.4. The first kappa shape index (κ1) is 99.3. The van der Waals surface area contributed by atoms with Crippen molar-refractivity contribution in [3.8, 4) is 0 Å². The number of piperidine rings is 3. The highest BCUT2D eigenvalue weighted by Crippen LogP contribution is 2.50. The number of ether oxygens (including phenoxy) is 3. The van der Waals surface area contributed by atoms with Crippen molar-refractivity contribution in [1.29, 1.82) is 0 Å². The molecule has 686 valence electrons. The minimum Gasteiger partial charge on any atom is -0.411 e. The van der Waals surface area contributed by atoms with E-state index in [1.54, 1.807) is 76.8 Å². The SMILES string of the molecule is CC(C)=NO.CC(C)=NOC[C@]12CC[C@@](CO[C@H](C)c3cc(C(F)(F)F)cc(C(F)(F)F)c3)(c3ccccc3)N(CC(=O)N1)C2.CC(C)=NOC[C@]12CC[C@@](CO[C@H](C)c3cc(C(F)(F)F)cc(C(F)(F)F)c3)(c3ccccc3)N(CC(=O)N1)C2.C[C@@H](OC[C@@]1(c2ccccc2)CC[C@]2(COS(C)(=O)=O)CN1CC(=O)N2)c1cc(C(F)(F)F)cc(C(F)(F)F)c1. The number of alkyl halides is 18. The maximum absolute atomic E-state index is 13.4. The van der Waals surface area contributed by atoms with Gasteiger partial charge in [-0.25, -0.2) is 0 Å². The second-order valence-corrected chi connectivity index (χ2v) is 34.4. The minimum absolute atomic E-state index is 0.0340. The molecule has 3 unspecified atom stereocenters. The van der Waals surface area contributed by atoms with Crippen molar-refractivity contribution in [2.24, 2.45) is 15.5 Å². The zero-order valence-electron chi connectivity index (χ0n) is 69.6. The zero-order valence-corrected chi connectivity index (χ0v) is 70.5. The number of carbonyl (C=O) groups excluding carboxylic acids is 3. The van der Waals surface area contributed by atoms with E-state index in [2.05, 4.69) is 31.4 Å². The smallest absolute Gasteiger partial charge is 0.411 e. The van der Waals surface area contributed by atoms with E-state index in [0.717, 1.165) is 34.4 Å². The molecule has 6 aliphatic heterocycles. The third kappa shape index (κ3) is 25.5. The Hall–Kier alpha value is -9.45. The van der Waals surface area contributed by atoms with Crippen LogP contribution in [0.1, 0.15) is 186 Å². The molecule has 21 nitrogen and oxygen atoms in total. The number of piperazine rings is 3. The van der Waals surface area contributed by atoms with E-state index < -0.39 is 132 Å². The van der Waals surface area contributed by atoms with Crippen molar-refractivity contribution in [3.05, 3.63) is 212 Å². The average Bonchev–Trinajstić information content (AvgIpc) is 0.742. The molecule has 12 rings (SSSR count). The van der Waals surface area contributed by atoms with Gasteiger partial charge in [0, 0.05) is 19.6 Å². The molecule has 0 aliphatic carbocycles. The fourth-order valence-electron chi connectivity index (χ4n) is 16.0. The summed E-state index contributed by atoms with van der Waals surface area (Å²) in [7, 11) is -3.80. The van der Waals surface area contributed by atoms with Crippen molar-refractivity contribution in [2.75, 3.05) is 85.2 Å². The molecule has 6 aromatic carbocycles. The van der Waals surface area contributed by atoms with Crippen molar-refractivity contribution in [2.45, 2.75) is 189 Å². The van der Waals surface area contributed by atoms with Gasteiger partial charge in [0.2, 0.25) is 17.7 Å². The number of halogens is 18. The molecule has 40 heteroatoms. The Morgan fingerprint density at radius 2 is 0.616 bits per heavy atom. The number of nitrogens with zero attached hydrogens (tertiary/aromatic N) is 6. The topological polar surface area (TPSA) is 244 Å². The minimum atomic E-state index is -5.00. The van der Waals surface area contributed by atoms with Gasteiger partial charge in [-0.3, -0.25) is 33.3 Å². The number of carbonyl (C=O) groups is 3. The molecule has 6 fully saturated rings. The largest absolute Gasteiger partial charge is 0.416 e. The number of benzene rings is 6. The number of oxime groups is 3. The van der Waals surface area contributed by atoms with Crippen LogP contribution in [0.5, 0.6) is 0 Å². The van der Waals surface area contributed by atoms with Crippen LogP contribution in [0.3, 0.4) is 0 Å². The van der Waals surface area contributed by atoms with E-state index in [-0.39, 0.29) is 125 Å². The van der Waals surface area contributed by atoms with Crippen LogP contribution in [-0.2, 0) is 106 Å². The van der Waals surface area contributed by atoms with Gasteiger partial charge in [0.1, 0.15) is 13.2 Å². The molecule has 0 saturated carbocycles. The first-order valence-corrected chi connectivity index (χ1v) is 41.1. The fraction of sp³-hybridized carbons (Fsp3) is 0.506. The fourth-order valence-corrected chi connectivity index (χ4v) is 16.4. The number of fused-ring (bicyclic) bond motifs is 6. The van der Waals surface area contributed by atoms with E-state index >= 15 is 0 Å². The third-order valence-corrected chi connectivity index (χ3v) is 22.9. The van der Waals surface area contributed by atoms with Crippen LogP contribution in [-0.4, -0.2) is 165 Å². The average molecular weight is 1810 g/mol. The number of hydrogen-bond donors (Lipinski definition) is 4. The molecule has 6 bridgehead atoms. The number of amides is 3. The molecule has 0 spiro atoms. The zero-order chi connectivity index (χ0) is 92.5. The van der Waals surface area contributed by atoms with Gasteiger partial charge in [0.05, 0.1) is 154 Å². The standard InChI is InChI=1S/2C28H31F6N3O3.C26H28F6N2O5S.C3H7NO/c2*1-18(2)36-40-16-25-9-10-26(21-7-5-4-6-8-21,37(15-25)14-24(38)35-25)17-39-19(3)20-11-22(27(29,30)31)13-23(12-20)28(32,33)34;1-17(18-10-20(25(27,28)29)12-21(11-18)26(30,31)32)38-16-24(19-6-4-3-5-7-19)9-8-23(15-39-40(2,36)37)14-34(24)13-22(35)33-23;1-3(2)4-5/h2*4-8,11-13,19H,9-10,14-17H2,1-3H3,(H,35,38);3-7,10-12,17H,8-9,13-16H2,1-2H3,(H,33,35);5H,1-2H3/t2*19-,25-,26-;17-,23-,24-;/m111./s1. The van der Waals surface area contributed by atoms with Gasteiger partial charge in [-0.1, -0.05) is 106 Å². The molecule has 6 aliphatic rings. The first-order chi connectivity index (χ1) is 58.0. The highest BCUT2D eigenvalue weighted by atomic mass is 32.2. The molecule has 6 heterocycles. The Balaban J connectivity index is 0.000000206. The van der Waals surface area contributed by atoms with Crippen LogP contribution in [0.25, 0.3) is 0 Å². The van der Waals surface area contributed by atoms with Crippen molar-refractivity contribution >= 4 is 45.0 Å². The quantitative estimate of drug-likeness (QED) is 0.0145. The van der Waals surface area contributed by atoms with E-state index in [1.165, 1.54) is 20.8 Å². The Morgan fingerprint density at radius 1 is 0.384 bits per heavy atom. The van der Waals surface area contributed by atoms with Crippen molar-refractivity contribution in [1.82, 2.24) is 30.7 Å². The van der Waals surface area contributed by atoms with Gasteiger partial charge in [0.25, 0.3) is 10.1 Å². The molecule has 6 aromatic rings. The summed E-state index contributed by atoms with van der Waals surface area (Å²) in [6, 6.07) is 31.7. The second kappa shape index (κ2) is 39.0. The Labute approximate surface area is 710 Å². The van der Waals surface area contributed by atoms with Gasteiger partial charge in [-0.05, 0) is 189 Å². The van der Waals surface area contributed by atoms with Crippen LogP contribution in [0.4, 0.5) is 79.0 Å². The van der Waals surface area contributed by atoms with E-state index in [0.29, 0.717) is 87.3 Å². The van der Waals surface area contributed by atoms with Gasteiger partial charge in [0.15, 0.2) is 0 Å². The summed E-state index contributed by atoms with van der Waals surface area (Å²) in [4.78, 5) is 55.1.